The number of aromatic nitrogens is 1. The van der Waals surface area contributed by atoms with Crippen LogP contribution in [0, 0.1) is 0 Å². The molecule has 0 N–H and O–H groups in total. The van der Waals surface area contributed by atoms with Crippen molar-refractivity contribution in [2.45, 2.75) is 56.8 Å². The van der Waals surface area contributed by atoms with Gasteiger partial charge in [0.25, 0.3) is 0 Å². The van der Waals surface area contributed by atoms with Gasteiger partial charge < -0.3 is 9.30 Å². The molecular formula is C17H20ClNO. The van der Waals surface area contributed by atoms with Crippen molar-refractivity contribution in [2.75, 3.05) is 0 Å². The summed E-state index contributed by atoms with van der Waals surface area (Å²) in [4.78, 5) is 0. The normalized spacial score (nSPS) is 24.9. The molecule has 1 aliphatic carbocycles. The second-order valence-corrected chi connectivity index (χ2v) is 6.78. The molecule has 1 saturated carbocycles. The molecule has 1 unspecified atom stereocenters. The van der Waals surface area contributed by atoms with Crippen LogP contribution in [-0.2, 0) is 11.3 Å². The molecule has 2 nitrogen and oxygen atoms in total. The summed E-state index contributed by atoms with van der Waals surface area (Å²) < 4.78 is 8.72. The Labute approximate surface area is 124 Å². The van der Waals surface area contributed by atoms with Crippen molar-refractivity contribution < 1.29 is 4.74 Å². The number of nitrogens with zero attached hydrogens (tertiary/aromatic N) is 1. The highest BCUT2D eigenvalue weighted by Gasteiger charge is 2.42. The minimum Gasteiger partial charge on any atom is -0.370 e. The quantitative estimate of drug-likeness (QED) is 0.775. The molecule has 1 atom stereocenters. The molecule has 0 amide bonds. The van der Waals surface area contributed by atoms with E-state index in [2.05, 4.69) is 22.9 Å². The number of benzene rings is 1. The first-order valence-corrected chi connectivity index (χ1v) is 8.04. The number of fused-ring (bicyclic) bond motifs is 1. The molecule has 1 spiro atoms. The van der Waals surface area contributed by atoms with Gasteiger partial charge in [-0.15, -0.1) is 0 Å². The Kier molecular flexibility index (Phi) is 3.04. The summed E-state index contributed by atoms with van der Waals surface area (Å²) >= 11 is 6.05. The van der Waals surface area contributed by atoms with Gasteiger partial charge in [0.1, 0.15) is 0 Å². The maximum Gasteiger partial charge on any atom is 0.0762 e. The fourth-order valence-corrected chi connectivity index (χ4v) is 4.14. The second kappa shape index (κ2) is 4.78. The lowest BCUT2D eigenvalue weighted by Gasteiger charge is -2.24. The van der Waals surface area contributed by atoms with Crippen LogP contribution in [0.4, 0.5) is 0 Å². The zero-order chi connectivity index (χ0) is 13.6. The molecule has 2 aliphatic rings. The third-order valence-corrected chi connectivity index (χ3v) is 5.22. The van der Waals surface area contributed by atoms with Gasteiger partial charge in [0.05, 0.1) is 11.7 Å². The summed E-state index contributed by atoms with van der Waals surface area (Å²) in [6.07, 6.45) is 10.2. The van der Waals surface area contributed by atoms with Gasteiger partial charge in [-0.1, -0.05) is 24.4 Å². The summed E-state index contributed by atoms with van der Waals surface area (Å²) in [5, 5.41) is 2.02. The number of rotatable bonds is 2. The average molecular weight is 290 g/mol. The average Bonchev–Trinajstić information content (AvgIpc) is 3.14. The van der Waals surface area contributed by atoms with Crippen LogP contribution in [-0.4, -0.2) is 16.3 Å². The van der Waals surface area contributed by atoms with E-state index in [0.717, 1.165) is 11.6 Å². The summed E-state index contributed by atoms with van der Waals surface area (Å²) in [6, 6.07) is 8.25. The van der Waals surface area contributed by atoms with Gasteiger partial charge in [-0.25, -0.2) is 0 Å². The molecule has 2 heterocycles. The molecule has 0 bridgehead atoms. The number of halogens is 1. The lowest BCUT2D eigenvalue weighted by molar-refractivity contribution is -0.0414. The third-order valence-electron chi connectivity index (χ3n) is 4.99. The number of hydrogen-bond acceptors (Lipinski definition) is 1. The van der Waals surface area contributed by atoms with Crippen molar-refractivity contribution in [3.8, 4) is 0 Å². The van der Waals surface area contributed by atoms with Gasteiger partial charge in [-0.3, -0.25) is 0 Å². The molecule has 20 heavy (non-hydrogen) atoms. The maximum atomic E-state index is 6.41. The summed E-state index contributed by atoms with van der Waals surface area (Å²) in [7, 11) is 0. The molecule has 1 aromatic heterocycles. The van der Waals surface area contributed by atoms with Gasteiger partial charge in [0.2, 0.25) is 0 Å². The predicted molar refractivity (Wildman–Crippen MR) is 82.3 cm³/mol. The van der Waals surface area contributed by atoms with Crippen molar-refractivity contribution >= 4 is 22.5 Å². The van der Waals surface area contributed by atoms with E-state index in [1.54, 1.807) is 0 Å². The van der Waals surface area contributed by atoms with Crippen LogP contribution in [0.3, 0.4) is 0 Å². The van der Waals surface area contributed by atoms with Crippen LogP contribution < -0.4 is 0 Å². The maximum absolute atomic E-state index is 6.41. The standard InChI is InChI=1S/C17H20ClNO/c18-14-3-4-16-13(11-14)6-10-19(16)12-15-5-9-17(20-15)7-1-2-8-17/h3-4,6,10-11,15H,1-2,5,7-9,12H2. The third kappa shape index (κ3) is 2.15. The lowest BCUT2D eigenvalue weighted by atomic mass is 9.98. The Morgan fingerprint density at radius 2 is 2.05 bits per heavy atom. The number of ether oxygens (including phenoxy) is 1. The zero-order valence-corrected chi connectivity index (χ0v) is 12.4. The van der Waals surface area contributed by atoms with Crippen molar-refractivity contribution in [3.05, 3.63) is 35.5 Å². The molecular weight excluding hydrogens is 270 g/mol. The van der Waals surface area contributed by atoms with Crippen LogP contribution in [0.5, 0.6) is 0 Å². The molecule has 1 saturated heterocycles. The lowest BCUT2D eigenvalue weighted by Crippen LogP contribution is -2.26. The molecule has 2 fully saturated rings. The highest BCUT2D eigenvalue weighted by atomic mass is 35.5. The highest BCUT2D eigenvalue weighted by molar-refractivity contribution is 6.31. The minimum absolute atomic E-state index is 0.233. The van der Waals surface area contributed by atoms with Gasteiger partial charge >= 0.3 is 0 Å². The molecule has 1 aromatic carbocycles. The first-order chi connectivity index (χ1) is 9.74. The molecule has 106 valence electrons. The molecule has 0 radical (unpaired) electrons. The van der Waals surface area contributed by atoms with E-state index in [-0.39, 0.29) is 5.60 Å². The fraction of sp³-hybridized carbons (Fsp3) is 0.529. The van der Waals surface area contributed by atoms with Crippen molar-refractivity contribution in [1.29, 1.82) is 0 Å². The summed E-state index contributed by atoms with van der Waals surface area (Å²) in [6.45, 7) is 0.965. The highest BCUT2D eigenvalue weighted by Crippen LogP contribution is 2.43. The van der Waals surface area contributed by atoms with E-state index in [1.165, 1.54) is 49.4 Å². The van der Waals surface area contributed by atoms with E-state index in [1.807, 2.05) is 12.1 Å². The largest absolute Gasteiger partial charge is 0.370 e. The second-order valence-electron chi connectivity index (χ2n) is 6.34. The Balaban J connectivity index is 1.53. The SMILES string of the molecule is Clc1ccc2c(ccn2CC2CCC3(CCCC3)O2)c1. The van der Waals surface area contributed by atoms with Crippen molar-refractivity contribution in [1.82, 2.24) is 4.57 Å². The fourth-order valence-electron chi connectivity index (χ4n) is 3.96. The molecule has 2 aromatic rings. The van der Waals surface area contributed by atoms with Crippen LogP contribution in [0.1, 0.15) is 38.5 Å². The van der Waals surface area contributed by atoms with E-state index in [4.69, 9.17) is 16.3 Å². The van der Waals surface area contributed by atoms with E-state index < -0.39 is 0 Å². The molecule has 1 aliphatic heterocycles. The smallest absolute Gasteiger partial charge is 0.0762 e. The predicted octanol–water partition coefficient (Wildman–Crippen LogP) is 4.79. The van der Waals surface area contributed by atoms with Gasteiger partial charge in [0.15, 0.2) is 0 Å². The van der Waals surface area contributed by atoms with Crippen molar-refractivity contribution in [2.24, 2.45) is 0 Å². The van der Waals surface area contributed by atoms with Gasteiger partial charge in [-0.2, -0.15) is 0 Å². The van der Waals surface area contributed by atoms with Crippen LogP contribution >= 0.6 is 11.6 Å². The van der Waals surface area contributed by atoms with Gasteiger partial charge in [-0.05, 0) is 49.9 Å². The van der Waals surface area contributed by atoms with E-state index >= 15 is 0 Å². The Morgan fingerprint density at radius 3 is 2.90 bits per heavy atom. The zero-order valence-electron chi connectivity index (χ0n) is 11.6. The Bertz CT molecular complexity index is 627. The minimum atomic E-state index is 0.233. The monoisotopic (exact) mass is 289 g/mol. The Morgan fingerprint density at radius 1 is 1.20 bits per heavy atom. The van der Waals surface area contributed by atoms with Crippen LogP contribution in [0.25, 0.3) is 10.9 Å². The van der Waals surface area contributed by atoms with E-state index in [9.17, 15) is 0 Å². The first kappa shape index (κ1) is 12.7. The topological polar surface area (TPSA) is 14.2 Å². The Hall–Kier alpha value is -0.990. The van der Waals surface area contributed by atoms with Crippen LogP contribution in [0.2, 0.25) is 5.02 Å². The number of hydrogen-bond donors (Lipinski definition) is 0. The van der Waals surface area contributed by atoms with E-state index in [0.29, 0.717) is 6.10 Å². The van der Waals surface area contributed by atoms with Crippen molar-refractivity contribution in [3.63, 3.8) is 0 Å². The molecule has 3 heteroatoms. The summed E-state index contributed by atoms with van der Waals surface area (Å²) in [5.74, 6) is 0. The summed E-state index contributed by atoms with van der Waals surface area (Å²) in [5.41, 5.74) is 1.49. The van der Waals surface area contributed by atoms with Gasteiger partial charge in [0, 0.05) is 28.7 Å². The molecule has 4 rings (SSSR count). The van der Waals surface area contributed by atoms with Crippen LogP contribution in [0.15, 0.2) is 30.5 Å². The first-order valence-electron chi connectivity index (χ1n) is 7.66.